The predicted octanol–water partition coefficient (Wildman–Crippen LogP) is 3.76. The largest absolute Gasteiger partial charge is 0.492 e. The average molecular weight is 429 g/mol. The molecule has 1 amide bonds. The topological polar surface area (TPSA) is 75.7 Å². The number of likely N-dealkylation sites (N-methyl/N-ethyl adjacent to an activating group) is 1. The number of hydrogen-bond acceptors (Lipinski definition) is 4. The van der Waals surface area contributed by atoms with E-state index in [-0.39, 0.29) is 28.9 Å². The number of carbonyl (C=O) groups excluding carboxylic acids is 1. The van der Waals surface area contributed by atoms with Crippen LogP contribution in [0.2, 0.25) is 5.02 Å². The number of hydrogen-bond donors (Lipinski definition) is 1. The Morgan fingerprint density at radius 3 is 2.68 bits per heavy atom. The number of nitrogens with one attached hydrogen (secondary N) is 1. The molecule has 0 bridgehead atoms. The van der Waals surface area contributed by atoms with Crippen LogP contribution in [0.4, 0.5) is 0 Å². The summed E-state index contributed by atoms with van der Waals surface area (Å²) in [7, 11) is -3.82. The molecule has 0 unspecified atom stereocenters. The van der Waals surface area contributed by atoms with Crippen molar-refractivity contribution in [2.75, 3.05) is 26.2 Å². The number of ether oxygens (including phenoxy) is 1. The van der Waals surface area contributed by atoms with Crippen molar-refractivity contribution in [2.24, 2.45) is 0 Å². The van der Waals surface area contributed by atoms with Gasteiger partial charge in [0.2, 0.25) is 15.9 Å². The molecule has 0 saturated carbocycles. The Balaban J connectivity index is 1.97. The second-order valence-electron chi connectivity index (χ2n) is 6.66. The molecule has 0 aromatic heterocycles. The molecule has 0 fully saturated rings. The number of nitrogens with zero attached hydrogens (tertiary/aromatic N) is 1. The van der Waals surface area contributed by atoms with E-state index in [1.54, 1.807) is 6.92 Å². The summed E-state index contributed by atoms with van der Waals surface area (Å²) in [4.78, 5) is 12.3. The van der Waals surface area contributed by atoms with Gasteiger partial charge < -0.3 is 10.1 Å². The fourth-order valence-electron chi connectivity index (χ4n) is 3.14. The number of sulfonamides is 1. The van der Waals surface area contributed by atoms with E-state index < -0.39 is 10.0 Å². The molecule has 0 spiro atoms. The van der Waals surface area contributed by atoms with Crippen LogP contribution < -0.4 is 10.1 Å². The smallest absolute Gasteiger partial charge is 0.243 e. The highest BCUT2D eigenvalue weighted by Gasteiger charge is 2.26. The zero-order chi connectivity index (χ0) is 20.6. The van der Waals surface area contributed by atoms with Crippen molar-refractivity contribution in [3.05, 3.63) is 34.9 Å². The quantitative estimate of drug-likeness (QED) is 0.576. The van der Waals surface area contributed by atoms with Crippen LogP contribution in [-0.4, -0.2) is 44.9 Å². The Morgan fingerprint density at radius 1 is 1.29 bits per heavy atom. The zero-order valence-electron chi connectivity index (χ0n) is 16.5. The number of benzene rings is 1. The Bertz CT molecular complexity index is 808. The Hall–Kier alpha value is -1.57. The average Bonchev–Trinajstić information content (AvgIpc) is 2.68. The van der Waals surface area contributed by atoms with Crippen molar-refractivity contribution in [3.63, 3.8) is 0 Å². The van der Waals surface area contributed by atoms with Crippen LogP contribution >= 0.6 is 11.6 Å². The van der Waals surface area contributed by atoms with E-state index in [9.17, 15) is 13.2 Å². The molecule has 156 valence electrons. The third-order valence-electron chi connectivity index (χ3n) is 4.67. The minimum Gasteiger partial charge on any atom is -0.492 e. The van der Waals surface area contributed by atoms with E-state index >= 15 is 0 Å². The van der Waals surface area contributed by atoms with Gasteiger partial charge in [0.1, 0.15) is 5.75 Å². The minimum atomic E-state index is -3.82. The van der Waals surface area contributed by atoms with Gasteiger partial charge in [-0.25, -0.2) is 8.42 Å². The number of halogens is 1. The first-order valence-electron chi connectivity index (χ1n) is 9.75. The molecule has 1 aromatic carbocycles. The monoisotopic (exact) mass is 428 g/mol. The third kappa shape index (κ3) is 6.22. The van der Waals surface area contributed by atoms with E-state index in [0.717, 1.165) is 23.6 Å². The van der Waals surface area contributed by atoms with Crippen molar-refractivity contribution in [2.45, 2.75) is 50.8 Å². The van der Waals surface area contributed by atoms with Crippen molar-refractivity contribution in [1.29, 1.82) is 0 Å². The first-order chi connectivity index (χ1) is 13.4. The molecule has 1 aliphatic carbocycles. The van der Waals surface area contributed by atoms with Crippen LogP contribution in [0.25, 0.3) is 0 Å². The van der Waals surface area contributed by atoms with Crippen molar-refractivity contribution in [3.8, 4) is 5.75 Å². The second-order valence-corrected chi connectivity index (χ2v) is 9.01. The fraction of sp³-hybridized carbons (Fsp3) is 0.550. The summed E-state index contributed by atoms with van der Waals surface area (Å²) in [6.45, 7) is 4.45. The fourth-order valence-corrected chi connectivity index (χ4v) is 4.87. The van der Waals surface area contributed by atoms with E-state index in [4.69, 9.17) is 16.3 Å². The van der Waals surface area contributed by atoms with Crippen molar-refractivity contribution < 1.29 is 17.9 Å². The van der Waals surface area contributed by atoms with Gasteiger partial charge in [-0.3, -0.25) is 4.79 Å². The highest BCUT2D eigenvalue weighted by atomic mass is 35.5. The molecule has 0 aliphatic heterocycles. The first kappa shape index (κ1) is 22.7. The standard InChI is InChI=1S/C20H29ClN2O4S/c1-3-23(15-20(24)22-13-12-16-8-6-5-7-9-16)28(25,26)17-10-11-19(27-4-2)18(21)14-17/h8,10-11,14H,3-7,9,12-13,15H2,1-2H3,(H,22,24). The third-order valence-corrected chi connectivity index (χ3v) is 6.88. The summed E-state index contributed by atoms with van der Waals surface area (Å²) in [5.41, 5.74) is 1.37. The van der Waals surface area contributed by atoms with Crippen LogP contribution in [-0.2, 0) is 14.8 Å². The van der Waals surface area contributed by atoms with Gasteiger partial charge in [0.25, 0.3) is 0 Å². The van der Waals surface area contributed by atoms with E-state index in [1.807, 2.05) is 6.92 Å². The number of carbonyl (C=O) groups is 1. The van der Waals surface area contributed by atoms with E-state index in [0.29, 0.717) is 18.9 Å². The number of amides is 1. The van der Waals surface area contributed by atoms with Gasteiger partial charge in [-0.05, 0) is 57.2 Å². The molecule has 1 aromatic rings. The summed E-state index contributed by atoms with van der Waals surface area (Å²) in [5.74, 6) is 0.125. The van der Waals surface area contributed by atoms with Gasteiger partial charge in [-0.15, -0.1) is 0 Å². The maximum absolute atomic E-state index is 12.9. The molecule has 6 nitrogen and oxygen atoms in total. The van der Waals surface area contributed by atoms with Crippen molar-refractivity contribution >= 4 is 27.5 Å². The Kier molecular flexibility index (Phi) is 8.79. The maximum Gasteiger partial charge on any atom is 0.243 e. The highest BCUT2D eigenvalue weighted by molar-refractivity contribution is 7.89. The zero-order valence-corrected chi connectivity index (χ0v) is 18.1. The molecule has 0 atom stereocenters. The van der Waals surface area contributed by atoms with E-state index in [2.05, 4.69) is 11.4 Å². The molecule has 2 rings (SSSR count). The predicted molar refractivity (Wildman–Crippen MR) is 111 cm³/mol. The Labute approximate surface area is 172 Å². The summed E-state index contributed by atoms with van der Waals surface area (Å²) in [6.07, 6.45) is 7.69. The van der Waals surface area contributed by atoms with Gasteiger partial charge in [0, 0.05) is 13.1 Å². The number of allylic oxidation sites excluding steroid dienone is 1. The van der Waals surface area contributed by atoms with Gasteiger partial charge >= 0.3 is 0 Å². The summed E-state index contributed by atoms with van der Waals surface area (Å²) in [6, 6.07) is 4.34. The lowest BCUT2D eigenvalue weighted by Crippen LogP contribution is -2.40. The molecule has 1 aliphatic rings. The number of rotatable bonds is 10. The molecule has 0 radical (unpaired) electrons. The normalized spacial score (nSPS) is 14.6. The molecule has 8 heteroatoms. The maximum atomic E-state index is 12.9. The van der Waals surface area contributed by atoms with Crippen LogP contribution in [0.15, 0.2) is 34.7 Å². The molecular formula is C20H29ClN2O4S. The molecule has 0 heterocycles. The Morgan fingerprint density at radius 2 is 2.07 bits per heavy atom. The van der Waals surface area contributed by atoms with Crippen LogP contribution in [0, 0.1) is 0 Å². The first-order valence-corrected chi connectivity index (χ1v) is 11.6. The molecule has 0 saturated heterocycles. The summed E-state index contributed by atoms with van der Waals surface area (Å²) < 4.78 is 32.2. The van der Waals surface area contributed by atoms with Crippen LogP contribution in [0.3, 0.4) is 0 Å². The molecular weight excluding hydrogens is 400 g/mol. The van der Waals surface area contributed by atoms with Crippen molar-refractivity contribution in [1.82, 2.24) is 9.62 Å². The minimum absolute atomic E-state index is 0.0444. The summed E-state index contributed by atoms with van der Waals surface area (Å²) >= 11 is 6.12. The van der Waals surface area contributed by atoms with Crippen LogP contribution in [0.5, 0.6) is 5.75 Å². The van der Waals surface area contributed by atoms with E-state index in [1.165, 1.54) is 36.6 Å². The SMILES string of the molecule is CCOc1ccc(S(=O)(=O)N(CC)CC(=O)NCCC2=CCCCC2)cc1Cl. The second kappa shape index (κ2) is 10.8. The molecule has 1 N–H and O–H groups in total. The van der Waals surface area contributed by atoms with Gasteiger partial charge in [0.15, 0.2) is 0 Å². The summed E-state index contributed by atoms with van der Waals surface area (Å²) in [5, 5.41) is 3.05. The van der Waals surface area contributed by atoms with Gasteiger partial charge in [-0.1, -0.05) is 30.2 Å². The molecule has 28 heavy (non-hydrogen) atoms. The van der Waals surface area contributed by atoms with Crippen LogP contribution in [0.1, 0.15) is 46.0 Å². The van der Waals surface area contributed by atoms with Gasteiger partial charge in [-0.2, -0.15) is 4.31 Å². The van der Waals surface area contributed by atoms with Gasteiger partial charge in [0.05, 0.1) is 23.1 Å². The lowest BCUT2D eigenvalue weighted by atomic mass is 9.97. The highest BCUT2D eigenvalue weighted by Crippen LogP contribution is 2.28. The lowest BCUT2D eigenvalue weighted by Gasteiger charge is -2.21. The lowest BCUT2D eigenvalue weighted by molar-refractivity contribution is -0.121.